The van der Waals surface area contributed by atoms with Crippen LogP contribution in [0.25, 0.3) is 0 Å². The Morgan fingerprint density at radius 1 is 1.52 bits per heavy atom. The van der Waals surface area contributed by atoms with Crippen LogP contribution < -0.4 is 15.8 Å². The van der Waals surface area contributed by atoms with Gasteiger partial charge in [-0.15, -0.1) is 0 Å². The maximum Gasteiger partial charge on any atom is 0.254 e. The van der Waals surface area contributed by atoms with E-state index in [1.165, 1.54) is 25.4 Å². The molecular formula is C13H12ClFN4O2. The molecule has 21 heavy (non-hydrogen) atoms. The van der Waals surface area contributed by atoms with Gasteiger partial charge in [0.05, 0.1) is 12.7 Å². The van der Waals surface area contributed by atoms with Crippen LogP contribution >= 0.6 is 11.6 Å². The number of nitrogens with one attached hydrogen (secondary N) is 1. The van der Waals surface area contributed by atoms with Crippen LogP contribution in [0.1, 0.15) is 15.9 Å². The van der Waals surface area contributed by atoms with Crippen LogP contribution in [-0.4, -0.2) is 23.0 Å². The van der Waals surface area contributed by atoms with Gasteiger partial charge < -0.3 is 15.8 Å². The lowest BCUT2D eigenvalue weighted by Gasteiger charge is -2.11. The molecule has 3 N–H and O–H groups in total. The summed E-state index contributed by atoms with van der Waals surface area (Å²) >= 11 is 5.69. The minimum absolute atomic E-state index is 0.0198. The third kappa shape index (κ3) is 3.57. The quantitative estimate of drug-likeness (QED) is 0.824. The number of methoxy groups -OCH3 is 1. The number of primary amides is 1. The van der Waals surface area contributed by atoms with E-state index in [1.807, 2.05) is 0 Å². The van der Waals surface area contributed by atoms with Gasteiger partial charge in [-0.3, -0.25) is 4.79 Å². The van der Waals surface area contributed by atoms with Crippen LogP contribution in [0, 0.1) is 5.82 Å². The van der Waals surface area contributed by atoms with E-state index in [0.717, 1.165) is 0 Å². The molecule has 2 aromatic rings. The van der Waals surface area contributed by atoms with Gasteiger partial charge in [0.2, 0.25) is 5.28 Å². The minimum atomic E-state index is -0.680. The van der Waals surface area contributed by atoms with Crippen molar-refractivity contribution >= 4 is 23.3 Å². The van der Waals surface area contributed by atoms with Gasteiger partial charge in [0, 0.05) is 24.4 Å². The summed E-state index contributed by atoms with van der Waals surface area (Å²) in [5.74, 6) is -0.504. The first-order chi connectivity index (χ1) is 10.0. The van der Waals surface area contributed by atoms with E-state index in [2.05, 4.69) is 15.3 Å². The number of benzene rings is 1. The van der Waals surface area contributed by atoms with Gasteiger partial charge in [0.1, 0.15) is 17.4 Å². The lowest BCUT2D eigenvalue weighted by atomic mass is 10.2. The molecule has 1 amide bonds. The molecule has 0 atom stereocenters. The van der Waals surface area contributed by atoms with Gasteiger partial charge in [-0.05, 0) is 17.7 Å². The summed E-state index contributed by atoms with van der Waals surface area (Å²) in [5, 5.41) is 2.89. The predicted molar refractivity (Wildman–Crippen MR) is 75.8 cm³/mol. The molecule has 8 heteroatoms. The van der Waals surface area contributed by atoms with Crippen LogP contribution in [-0.2, 0) is 6.54 Å². The number of rotatable bonds is 5. The summed E-state index contributed by atoms with van der Waals surface area (Å²) < 4.78 is 18.2. The normalized spacial score (nSPS) is 10.2. The smallest absolute Gasteiger partial charge is 0.254 e. The molecule has 0 aliphatic heterocycles. The Balaban J connectivity index is 2.24. The minimum Gasteiger partial charge on any atom is -0.496 e. The second-order valence-corrected chi connectivity index (χ2v) is 4.41. The molecule has 0 unspecified atom stereocenters. The number of nitrogens with zero attached hydrogens (tertiary/aromatic N) is 2. The van der Waals surface area contributed by atoms with Crippen molar-refractivity contribution in [2.24, 2.45) is 5.73 Å². The van der Waals surface area contributed by atoms with E-state index >= 15 is 0 Å². The molecule has 110 valence electrons. The Morgan fingerprint density at radius 2 is 2.29 bits per heavy atom. The summed E-state index contributed by atoms with van der Waals surface area (Å²) in [7, 11) is 1.44. The Hall–Kier alpha value is -2.41. The predicted octanol–water partition coefficient (Wildman–Crippen LogP) is 1.99. The highest BCUT2D eigenvalue weighted by molar-refractivity contribution is 6.28. The Labute approximate surface area is 125 Å². The Morgan fingerprint density at radius 3 is 2.95 bits per heavy atom. The Bertz CT molecular complexity index is 681. The van der Waals surface area contributed by atoms with Crippen LogP contribution in [0.15, 0.2) is 24.4 Å². The van der Waals surface area contributed by atoms with Gasteiger partial charge >= 0.3 is 0 Å². The molecule has 1 aromatic carbocycles. The first kappa shape index (κ1) is 15.0. The summed E-state index contributed by atoms with van der Waals surface area (Å²) in [6.45, 7) is 0.247. The summed E-state index contributed by atoms with van der Waals surface area (Å²) in [4.78, 5) is 18.9. The van der Waals surface area contributed by atoms with Crippen molar-refractivity contribution < 1.29 is 13.9 Å². The van der Waals surface area contributed by atoms with Gasteiger partial charge in [-0.1, -0.05) is 6.07 Å². The summed E-state index contributed by atoms with van der Waals surface area (Å²) in [5.41, 5.74) is 6.03. The number of amides is 1. The number of ether oxygens (including phenoxy) is 1. The second kappa shape index (κ2) is 6.36. The van der Waals surface area contributed by atoms with Crippen LogP contribution in [0.3, 0.4) is 0 Å². The summed E-state index contributed by atoms with van der Waals surface area (Å²) in [6, 6.07) is 4.13. The van der Waals surface area contributed by atoms with E-state index < -0.39 is 11.7 Å². The molecule has 1 heterocycles. The van der Waals surface area contributed by atoms with E-state index in [0.29, 0.717) is 11.3 Å². The van der Waals surface area contributed by atoms with Gasteiger partial charge in [-0.25, -0.2) is 9.37 Å². The molecular weight excluding hydrogens is 299 g/mol. The maximum atomic E-state index is 13.1. The molecule has 0 bridgehead atoms. The third-order valence-electron chi connectivity index (χ3n) is 2.72. The van der Waals surface area contributed by atoms with Gasteiger partial charge in [0.25, 0.3) is 5.91 Å². The molecule has 0 spiro atoms. The molecule has 0 aliphatic rings. The number of carbonyl (C=O) groups is 1. The molecule has 0 aliphatic carbocycles. The van der Waals surface area contributed by atoms with Gasteiger partial charge in [0.15, 0.2) is 0 Å². The van der Waals surface area contributed by atoms with E-state index in [9.17, 15) is 9.18 Å². The number of nitrogens with two attached hydrogens (primary N) is 1. The van der Waals surface area contributed by atoms with Crippen LogP contribution in [0.4, 0.5) is 10.2 Å². The number of aromatic nitrogens is 2. The number of carbonyl (C=O) groups excluding carboxylic acids is 1. The van der Waals surface area contributed by atoms with Crippen molar-refractivity contribution in [2.75, 3.05) is 12.4 Å². The lowest BCUT2D eigenvalue weighted by molar-refractivity contribution is 0.100. The molecule has 0 radical (unpaired) electrons. The lowest BCUT2D eigenvalue weighted by Crippen LogP contribution is -2.16. The summed E-state index contributed by atoms with van der Waals surface area (Å²) in [6.07, 6.45) is 1.24. The second-order valence-electron chi connectivity index (χ2n) is 4.08. The van der Waals surface area contributed by atoms with Crippen molar-refractivity contribution in [3.8, 4) is 5.75 Å². The van der Waals surface area contributed by atoms with Crippen molar-refractivity contribution in [2.45, 2.75) is 6.54 Å². The average molecular weight is 311 g/mol. The van der Waals surface area contributed by atoms with E-state index in [1.54, 1.807) is 6.07 Å². The van der Waals surface area contributed by atoms with Crippen molar-refractivity contribution in [1.82, 2.24) is 9.97 Å². The first-order valence-electron chi connectivity index (χ1n) is 5.90. The van der Waals surface area contributed by atoms with Crippen molar-refractivity contribution in [1.29, 1.82) is 0 Å². The number of anilines is 1. The Kier molecular flexibility index (Phi) is 4.54. The average Bonchev–Trinajstić information content (AvgIpc) is 2.45. The fraction of sp³-hybridized carbons (Fsp3) is 0.154. The maximum absolute atomic E-state index is 13.1. The molecule has 0 saturated heterocycles. The molecule has 1 aromatic heterocycles. The standard InChI is InChI=1S/C13H12ClFN4O2/c1-21-10-4-8(15)3-2-7(10)5-17-12-9(11(16)20)6-18-13(14)19-12/h2-4,6H,5H2,1H3,(H2,16,20)(H,17,18,19). The zero-order chi connectivity index (χ0) is 15.4. The highest BCUT2D eigenvalue weighted by Gasteiger charge is 2.12. The first-order valence-corrected chi connectivity index (χ1v) is 6.27. The molecule has 2 rings (SSSR count). The van der Waals surface area contributed by atoms with Crippen molar-refractivity contribution in [3.63, 3.8) is 0 Å². The molecule has 0 fully saturated rings. The van der Waals surface area contributed by atoms with Crippen LogP contribution in [0.2, 0.25) is 5.28 Å². The van der Waals surface area contributed by atoms with Gasteiger partial charge in [-0.2, -0.15) is 4.98 Å². The SMILES string of the molecule is COc1cc(F)ccc1CNc1nc(Cl)ncc1C(N)=O. The number of hydrogen-bond donors (Lipinski definition) is 2. The largest absolute Gasteiger partial charge is 0.496 e. The highest BCUT2D eigenvalue weighted by atomic mass is 35.5. The zero-order valence-electron chi connectivity index (χ0n) is 11.1. The number of hydrogen-bond acceptors (Lipinski definition) is 5. The number of halogens is 2. The van der Waals surface area contributed by atoms with E-state index in [4.69, 9.17) is 22.1 Å². The van der Waals surface area contributed by atoms with Crippen molar-refractivity contribution in [3.05, 3.63) is 46.6 Å². The highest BCUT2D eigenvalue weighted by Crippen LogP contribution is 2.21. The molecule has 0 saturated carbocycles. The monoisotopic (exact) mass is 310 g/mol. The van der Waals surface area contributed by atoms with Crippen LogP contribution in [0.5, 0.6) is 5.75 Å². The van der Waals surface area contributed by atoms with E-state index in [-0.39, 0.29) is 23.2 Å². The topological polar surface area (TPSA) is 90.1 Å². The molecule has 6 nitrogen and oxygen atoms in total. The third-order valence-corrected chi connectivity index (χ3v) is 2.90. The fourth-order valence-corrected chi connectivity index (χ4v) is 1.85. The zero-order valence-corrected chi connectivity index (χ0v) is 11.8. The fourth-order valence-electron chi connectivity index (χ4n) is 1.72.